The standard InChI is InChI=1S/C14H28O/c1-6-7-8-10-14(5,12(2)3)11-9-13(4)15/h12H,6-11H2,1-5H3/t14-/m1/s1. The minimum Gasteiger partial charge on any atom is -0.300 e. The average molecular weight is 212 g/mol. The summed E-state index contributed by atoms with van der Waals surface area (Å²) in [5.74, 6) is 1.01. The van der Waals surface area contributed by atoms with E-state index in [0.717, 1.165) is 12.8 Å². The van der Waals surface area contributed by atoms with Crippen molar-refractivity contribution in [2.24, 2.45) is 11.3 Å². The fourth-order valence-electron chi connectivity index (χ4n) is 1.94. The van der Waals surface area contributed by atoms with Crippen LogP contribution in [0.1, 0.15) is 73.1 Å². The van der Waals surface area contributed by atoms with Crippen molar-refractivity contribution in [2.75, 3.05) is 0 Å². The smallest absolute Gasteiger partial charge is 0.129 e. The van der Waals surface area contributed by atoms with Crippen molar-refractivity contribution >= 4 is 5.78 Å². The van der Waals surface area contributed by atoms with Crippen LogP contribution in [0.5, 0.6) is 0 Å². The zero-order valence-electron chi connectivity index (χ0n) is 11.2. The molecule has 0 bridgehead atoms. The summed E-state index contributed by atoms with van der Waals surface area (Å²) < 4.78 is 0. The summed E-state index contributed by atoms with van der Waals surface area (Å²) in [7, 11) is 0. The number of unbranched alkanes of at least 4 members (excludes halogenated alkanes) is 2. The molecule has 15 heavy (non-hydrogen) atoms. The maximum absolute atomic E-state index is 11.0. The Morgan fingerprint density at radius 3 is 2.20 bits per heavy atom. The average Bonchev–Trinajstić information content (AvgIpc) is 2.15. The Bertz CT molecular complexity index is 184. The van der Waals surface area contributed by atoms with Gasteiger partial charge >= 0.3 is 0 Å². The normalized spacial score (nSPS) is 15.3. The number of carbonyl (C=O) groups is 1. The largest absolute Gasteiger partial charge is 0.300 e. The number of Topliss-reactive ketones (excluding diaryl/α,β-unsaturated/α-hetero) is 1. The van der Waals surface area contributed by atoms with E-state index in [1.807, 2.05) is 0 Å². The first-order chi connectivity index (χ1) is 6.92. The molecule has 0 saturated carbocycles. The van der Waals surface area contributed by atoms with Gasteiger partial charge in [0, 0.05) is 6.42 Å². The van der Waals surface area contributed by atoms with Gasteiger partial charge in [-0.05, 0) is 31.1 Å². The molecule has 0 amide bonds. The Morgan fingerprint density at radius 2 is 1.80 bits per heavy atom. The second kappa shape index (κ2) is 7.03. The van der Waals surface area contributed by atoms with Gasteiger partial charge in [-0.3, -0.25) is 0 Å². The Labute approximate surface area is 95.6 Å². The van der Waals surface area contributed by atoms with E-state index in [1.54, 1.807) is 6.92 Å². The zero-order chi connectivity index (χ0) is 11.9. The molecule has 0 unspecified atom stereocenters. The first-order valence-corrected chi connectivity index (χ1v) is 6.42. The summed E-state index contributed by atoms with van der Waals surface area (Å²) in [6.07, 6.45) is 6.99. The maximum Gasteiger partial charge on any atom is 0.129 e. The molecule has 0 aliphatic rings. The van der Waals surface area contributed by atoms with Crippen LogP contribution in [-0.2, 0) is 4.79 Å². The van der Waals surface area contributed by atoms with Crippen molar-refractivity contribution in [2.45, 2.75) is 73.1 Å². The minimum atomic E-state index is 0.331. The highest BCUT2D eigenvalue weighted by Gasteiger charge is 2.27. The van der Waals surface area contributed by atoms with Crippen molar-refractivity contribution in [1.29, 1.82) is 0 Å². The van der Waals surface area contributed by atoms with Gasteiger partial charge in [0.15, 0.2) is 0 Å². The lowest BCUT2D eigenvalue weighted by atomic mass is 9.71. The molecular weight excluding hydrogens is 184 g/mol. The summed E-state index contributed by atoms with van der Waals surface area (Å²) in [6.45, 7) is 10.9. The van der Waals surface area contributed by atoms with E-state index >= 15 is 0 Å². The molecule has 0 saturated heterocycles. The molecule has 1 heteroatoms. The lowest BCUT2D eigenvalue weighted by Gasteiger charge is -2.34. The van der Waals surface area contributed by atoms with E-state index in [9.17, 15) is 4.79 Å². The number of rotatable bonds is 8. The molecule has 0 spiro atoms. The Morgan fingerprint density at radius 1 is 1.20 bits per heavy atom. The van der Waals surface area contributed by atoms with Crippen molar-refractivity contribution in [3.05, 3.63) is 0 Å². The third-order valence-corrected chi connectivity index (χ3v) is 3.79. The SMILES string of the molecule is CCCCC[C@](C)(CCC(C)=O)C(C)C. The Kier molecular flexibility index (Phi) is 6.87. The first-order valence-electron chi connectivity index (χ1n) is 6.42. The third-order valence-electron chi connectivity index (χ3n) is 3.79. The zero-order valence-corrected chi connectivity index (χ0v) is 11.2. The molecule has 1 atom stereocenters. The Hall–Kier alpha value is -0.330. The van der Waals surface area contributed by atoms with Crippen molar-refractivity contribution in [3.8, 4) is 0 Å². The third kappa shape index (κ3) is 5.96. The maximum atomic E-state index is 11.0. The fraction of sp³-hybridized carbons (Fsp3) is 0.929. The molecule has 0 aromatic carbocycles. The van der Waals surface area contributed by atoms with Crippen LogP contribution >= 0.6 is 0 Å². The van der Waals surface area contributed by atoms with Crippen LogP contribution in [0, 0.1) is 11.3 Å². The molecule has 0 N–H and O–H groups in total. The molecular formula is C14H28O. The molecule has 0 aliphatic heterocycles. The summed E-state index contributed by atoms with van der Waals surface area (Å²) in [5.41, 5.74) is 0.362. The van der Waals surface area contributed by atoms with Crippen LogP contribution in [0.15, 0.2) is 0 Å². The van der Waals surface area contributed by atoms with Crippen LogP contribution in [0.3, 0.4) is 0 Å². The number of carbonyl (C=O) groups excluding carboxylic acids is 1. The molecule has 0 aliphatic carbocycles. The molecule has 0 aromatic rings. The van der Waals surface area contributed by atoms with Crippen LogP contribution in [0.4, 0.5) is 0 Å². The summed E-state index contributed by atoms with van der Waals surface area (Å²) in [5, 5.41) is 0. The van der Waals surface area contributed by atoms with Crippen LogP contribution in [-0.4, -0.2) is 5.78 Å². The monoisotopic (exact) mass is 212 g/mol. The summed E-state index contributed by atoms with van der Waals surface area (Å²) >= 11 is 0. The fourth-order valence-corrected chi connectivity index (χ4v) is 1.94. The Balaban J connectivity index is 4.12. The topological polar surface area (TPSA) is 17.1 Å². The van der Waals surface area contributed by atoms with Gasteiger partial charge in [0.05, 0.1) is 0 Å². The van der Waals surface area contributed by atoms with Gasteiger partial charge in [-0.25, -0.2) is 0 Å². The second-order valence-electron chi connectivity index (χ2n) is 5.47. The van der Waals surface area contributed by atoms with Gasteiger partial charge in [0.1, 0.15) is 5.78 Å². The van der Waals surface area contributed by atoms with Crippen molar-refractivity contribution < 1.29 is 4.79 Å². The molecule has 0 heterocycles. The number of hydrogen-bond acceptors (Lipinski definition) is 1. The van der Waals surface area contributed by atoms with Gasteiger partial charge in [0.25, 0.3) is 0 Å². The predicted molar refractivity (Wildman–Crippen MR) is 67.0 cm³/mol. The number of hydrogen-bond donors (Lipinski definition) is 0. The van der Waals surface area contributed by atoms with Gasteiger partial charge < -0.3 is 4.79 Å². The molecule has 0 rings (SSSR count). The highest BCUT2D eigenvalue weighted by molar-refractivity contribution is 5.75. The first kappa shape index (κ1) is 14.7. The van der Waals surface area contributed by atoms with Crippen LogP contribution in [0.25, 0.3) is 0 Å². The van der Waals surface area contributed by atoms with Gasteiger partial charge in [-0.1, -0.05) is 47.0 Å². The van der Waals surface area contributed by atoms with E-state index in [1.165, 1.54) is 25.7 Å². The molecule has 0 aromatic heterocycles. The highest BCUT2D eigenvalue weighted by atomic mass is 16.1. The van der Waals surface area contributed by atoms with E-state index in [4.69, 9.17) is 0 Å². The molecule has 1 nitrogen and oxygen atoms in total. The van der Waals surface area contributed by atoms with Gasteiger partial charge in [-0.2, -0.15) is 0 Å². The van der Waals surface area contributed by atoms with E-state index in [-0.39, 0.29) is 0 Å². The molecule has 90 valence electrons. The van der Waals surface area contributed by atoms with Gasteiger partial charge in [-0.15, -0.1) is 0 Å². The van der Waals surface area contributed by atoms with Crippen molar-refractivity contribution in [1.82, 2.24) is 0 Å². The quantitative estimate of drug-likeness (QED) is 0.537. The van der Waals surface area contributed by atoms with Gasteiger partial charge in [0.2, 0.25) is 0 Å². The second-order valence-corrected chi connectivity index (χ2v) is 5.47. The van der Waals surface area contributed by atoms with E-state index in [0.29, 0.717) is 17.1 Å². The lowest BCUT2D eigenvalue weighted by molar-refractivity contribution is -0.117. The predicted octanol–water partition coefficient (Wildman–Crippen LogP) is 4.60. The summed E-state index contributed by atoms with van der Waals surface area (Å²) in [4.78, 5) is 11.0. The van der Waals surface area contributed by atoms with E-state index in [2.05, 4.69) is 27.7 Å². The van der Waals surface area contributed by atoms with Crippen LogP contribution in [0.2, 0.25) is 0 Å². The minimum absolute atomic E-state index is 0.331. The van der Waals surface area contributed by atoms with Crippen LogP contribution < -0.4 is 0 Å². The molecule has 0 fully saturated rings. The van der Waals surface area contributed by atoms with Crippen molar-refractivity contribution in [3.63, 3.8) is 0 Å². The lowest BCUT2D eigenvalue weighted by Crippen LogP contribution is -2.24. The summed E-state index contributed by atoms with van der Waals surface area (Å²) in [6, 6.07) is 0. The van der Waals surface area contributed by atoms with E-state index < -0.39 is 0 Å². The number of ketones is 1. The highest BCUT2D eigenvalue weighted by Crippen LogP contribution is 2.37. The molecule has 0 radical (unpaired) electrons.